The number of hydrogen-bond acceptors (Lipinski definition) is 5. The Labute approximate surface area is 186 Å². The average Bonchev–Trinajstić information content (AvgIpc) is 3.17. The van der Waals surface area contributed by atoms with Crippen LogP contribution in [0.5, 0.6) is 5.75 Å². The lowest BCUT2D eigenvalue weighted by Crippen LogP contribution is -2.33. The summed E-state index contributed by atoms with van der Waals surface area (Å²) in [6.07, 6.45) is 0.884. The van der Waals surface area contributed by atoms with Crippen molar-refractivity contribution in [3.05, 3.63) is 53.6 Å². The van der Waals surface area contributed by atoms with Crippen LogP contribution in [0.2, 0.25) is 5.02 Å². The van der Waals surface area contributed by atoms with Gasteiger partial charge in [-0.3, -0.25) is 9.36 Å². The molecule has 8 heteroatoms. The summed E-state index contributed by atoms with van der Waals surface area (Å²) < 4.78 is 7.46. The molecule has 0 spiro atoms. The third-order valence-electron chi connectivity index (χ3n) is 4.51. The van der Waals surface area contributed by atoms with Crippen LogP contribution >= 0.6 is 23.4 Å². The van der Waals surface area contributed by atoms with Crippen molar-refractivity contribution in [2.24, 2.45) is 0 Å². The zero-order valence-corrected chi connectivity index (χ0v) is 18.8. The summed E-state index contributed by atoms with van der Waals surface area (Å²) in [5.41, 5.74) is 1.64. The van der Waals surface area contributed by atoms with E-state index in [-0.39, 0.29) is 17.7 Å². The van der Waals surface area contributed by atoms with Gasteiger partial charge in [0, 0.05) is 17.3 Å². The maximum atomic E-state index is 12.3. The Kier molecular flexibility index (Phi) is 7.76. The Hall–Kier alpha value is -2.51. The number of nitrogens with one attached hydrogen (secondary N) is 1. The van der Waals surface area contributed by atoms with Gasteiger partial charge in [0.15, 0.2) is 11.0 Å². The standard InChI is InChI=1S/C22H25ClN4O2S/c1-4-15(3)24-20(28)14-30-22-26-25-21(18-8-6-7-9-19(18)23)27(22)16-10-12-17(13-11-16)29-5-2/h6-13,15H,4-5,14H2,1-3H3,(H,24,28)/t15-/m0/s1. The Morgan fingerprint density at radius 2 is 1.90 bits per heavy atom. The maximum absolute atomic E-state index is 12.3. The molecule has 30 heavy (non-hydrogen) atoms. The van der Waals surface area contributed by atoms with Crippen molar-refractivity contribution in [2.75, 3.05) is 12.4 Å². The number of ether oxygens (including phenoxy) is 1. The monoisotopic (exact) mass is 444 g/mol. The normalized spacial score (nSPS) is 11.9. The van der Waals surface area contributed by atoms with E-state index in [4.69, 9.17) is 16.3 Å². The lowest BCUT2D eigenvalue weighted by molar-refractivity contribution is -0.119. The molecule has 2 aromatic carbocycles. The van der Waals surface area contributed by atoms with Gasteiger partial charge in [0.1, 0.15) is 5.75 Å². The Bertz CT molecular complexity index is 991. The largest absolute Gasteiger partial charge is 0.494 e. The van der Waals surface area contributed by atoms with Gasteiger partial charge in [-0.1, -0.05) is 42.4 Å². The van der Waals surface area contributed by atoms with Gasteiger partial charge in [0.2, 0.25) is 5.91 Å². The summed E-state index contributed by atoms with van der Waals surface area (Å²) in [6, 6.07) is 15.3. The first-order valence-corrected chi connectivity index (χ1v) is 11.3. The number of amides is 1. The van der Waals surface area contributed by atoms with Crippen LogP contribution in [-0.4, -0.2) is 39.1 Å². The summed E-state index contributed by atoms with van der Waals surface area (Å²) in [6.45, 7) is 6.57. The molecule has 6 nitrogen and oxygen atoms in total. The van der Waals surface area contributed by atoms with Gasteiger partial charge < -0.3 is 10.1 Å². The quantitative estimate of drug-likeness (QED) is 0.470. The van der Waals surface area contributed by atoms with E-state index in [1.165, 1.54) is 11.8 Å². The molecule has 0 saturated heterocycles. The van der Waals surface area contributed by atoms with Crippen molar-refractivity contribution in [3.63, 3.8) is 0 Å². The molecule has 0 bridgehead atoms. The summed E-state index contributed by atoms with van der Waals surface area (Å²) in [7, 11) is 0. The minimum atomic E-state index is -0.0325. The first-order chi connectivity index (χ1) is 14.5. The molecule has 0 radical (unpaired) electrons. The third-order valence-corrected chi connectivity index (χ3v) is 5.76. The topological polar surface area (TPSA) is 69.0 Å². The molecule has 0 unspecified atom stereocenters. The molecule has 1 amide bonds. The first-order valence-electron chi connectivity index (χ1n) is 9.89. The Balaban J connectivity index is 1.95. The molecular formula is C22H25ClN4O2S. The number of aromatic nitrogens is 3. The fourth-order valence-electron chi connectivity index (χ4n) is 2.82. The Morgan fingerprint density at radius 3 is 2.57 bits per heavy atom. The molecule has 0 aliphatic carbocycles. The maximum Gasteiger partial charge on any atom is 0.230 e. The second kappa shape index (κ2) is 10.5. The minimum Gasteiger partial charge on any atom is -0.494 e. The summed E-state index contributed by atoms with van der Waals surface area (Å²) >= 11 is 7.76. The molecule has 0 aliphatic rings. The molecule has 1 aromatic heterocycles. The number of carbonyl (C=O) groups is 1. The van der Waals surface area contributed by atoms with Gasteiger partial charge in [-0.05, 0) is 56.7 Å². The number of benzene rings is 2. The SMILES string of the molecule is CCOc1ccc(-n2c(SCC(=O)N[C@@H](C)CC)nnc2-c2ccccc2Cl)cc1. The smallest absolute Gasteiger partial charge is 0.230 e. The molecule has 0 fully saturated rings. The van der Waals surface area contributed by atoms with E-state index in [1.54, 1.807) is 0 Å². The molecule has 0 aliphatic heterocycles. The number of thioether (sulfide) groups is 1. The Morgan fingerprint density at radius 1 is 1.17 bits per heavy atom. The first kappa shape index (κ1) is 22.2. The molecule has 3 rings (SSSR count). The van der Waals surface area contributed by atoms with Crippen LogP contribution in [-0.2, 0) is 4.79 Å². The highest BCUT2D eigenvalue weighted by Gasteiger charge is 2.19. The van der Waals surface area contributed by atoms with Crippen LogP contribution in [0.15, 0.2) is 53.7 Å². The van der Waals surface area contributed by atoms with Crippen LogP contribution in [0.3, 0.4) is 0 Å². The molecule has 0 saturated carbocycles. The van der Waals surface area contributed by atoms with E-state index in [2.05, 4.69) is 15.5 Å². The van der Waals surface area contributed by atoms with E-state index in [9.17, 15) is 4.79 Å². The molecule has 1 heterocycles. The molecule has 1 atom stereocenters. The van der Waals surface area contributed by atoms with Crippen molar-refractivity contribution in [3.8, 4) is 22.8 Å². The fraction of sp³-hybridized carbons (Fsp3) is 0.318. The highest BCUT2D eigenvalue weighted by atomic mass is 35.5. The van der Waals surface area contributed by atoms with E-state index in [0.29, 0.717) is 22.6 Å². The van der Waals surface area contributed by atoms with Crippen molar-refractivity contribution >= 4 is 29.3 Å². The lowest BCUT2D eigenvalue weighted by atomic mass is 10.2. The number of nitrogens with zero attached hydrogens (tertiary/aromatic N) is 3. The van der Waals surface area contributed by atoms with Crippen molar-refractivity contribution in [2.45, 2.75) is 38.4 Å². The number of halogens is 1. The van der Waals surface area contributed by atoms with Crippen LogP contribution in [0.4, 0.5) is 0 Å². The second-order valence-corrected chi connectivity index (χ2v) is 8.06. The van der Waals surface area contributed by atoms with Gasteiger partial charge >= 0.3 is 0 Å². The van der Waals surface area contributed by atoms with Crippen LogP contribution in [0, 0.1) is 0 Å². The van der Waals surface area contributed by atoms with E-state index in [1.807, 2.05) is 73.9 Å². The summed E-state index contributed by atoms with van der Waals surface area (Å²) in [4.78, 5) is 12.3. The number of rotatable bonds is 9. The fourth-order valence-corrected chi connectivity index (χ4v) is 3.80. The van der Waals surface area contributed by atoms with E-state index < -0.39 is 0 Å². The average molecular weight is 445 g/mol. The van der Waals surface area contributed by atoms with Gasteiger partial charge in [0.05, 0.1) is 17.4 Å². The predicted molar refractivity (Wildman–Crippen MR) is 122 cm³/mol. The number of carbonyl (C=O) groups excluding carboxylic acids is 1. The summed E-state index contributed by atoms with van der Waals surface area (Å²) in [5, 5.41) is 12.9. The van der Waals surface area contributed by atoms with Crippen molar-refractivity contribution in [1.82, 2.24) is 20.1 Å². The third kappa shape index (κ3) is 5.34. The molecular weight excluding hydrogens is 420 g/mol. The predicted octanol–water partition coefficient (Wildman–Crippen LogP) is 4.99. The van der Waals surface area contributed by atoms with Gasteiger partial charge in [-0.15, -0.1) is 10.2 Å². The number of hydrogen-bond donors (Lipinski definition) is 1. The van der Waals surface area contributed by atoms with Crippen LogP contribution in [0.1, 0.15) is 27.2 Å². The highest BCUT2D eigenvalue weighted by Crippen LogP contribution is 2.32. The minimum absolute atomic E-state index is 0.0325. The van der Waals surface area contributed by atoms with Crippen LogP contribution < -0.4 is 10.1 Å². The van der Waals surface area contributed by atoms with Gasteiger partial charge in [-0.2, -0.15) is 0 Å². The molecule has 158 valence electrons. The molecule has 1 N–H and O–H groups in total. The summed E-state index contributed by atoms with van der Waals surface area (Å²) in [5.74, 6) is 1.63. The zero-order valence-electron chi connectivity index (χ0n) is 17.3. The second-order valence-electron chi connectivity index (χ2n) is 6.71. The van der Waals surface area contributed by atoms with Crippen molar-refractivity contribution in [1.29, 1.82) is 0 Å². The lowest BCUT2D eigenvalue weighted by Gasteiger charge is -2.13. The van der Waals surface area contributed by atoms with Crippen molar-refractivity contribution < 1.29 is 9.53 Å². The van der Waals surface area contributed by atoms with E-state index >= 15 is 0 Å². The van der Waals surface area contributed by atoms with E-state index in [0.717, 1.165) is 23.4 Å². The molecule has 3 aromatic rings. The highest BCUT2D eigenvalue weighted by molar-refractivity contribution is 7.99. The van der Waals surface area contributed by atoms with Gasteiger partial charge in [0.25, 0.3) is 0 Å². The van der Waals surface area contributed by atoms with Crippen LogP contribution in [0.25, 0.3) is 17.1 Å². The zero-order chi connectivity index (χ0) is 21.5. The van der Waals surface area contributed by atoms with Gasteiger partial charge in [-0.25, -0.2) is 0 Å².